The van der Waals surface area contributed by atoms with Gasteiger partial charge in [-0.1, -0.05) is 33.1 Å². The number of nitrogens with one attached hydrogen (secondary N) is 1. The van der Waals surface area contributed by atoms with Crippen LogP contribution in [0.2, 0.25) is 0 Å². The molecule has 0 rings (SSSR count). The minimum absolute atomic E-state index is 0.0394. The molecule has 0 aromatic rings. The van der Waals surface area contributed by atoms with Crippen molar-refractivity contribution in [3.05, 3.63) is 37.1 Å². The standard InChI is InChI=1S/C8H12N2O2.C2H6/c1-3-5-7(4-2)12-8(11)6-10-9;1-2/h3-5,10H,1-2,6,9H2;1-2H3/b7-5+;. The fourth-order valence-corrected chi connectivity index (χ4v) is 0.511. The summed E-state index contributed by atoms with van der Waals surface area (Å²) in [6.45, 7) is 10.9. The normalized spacial score (nSPS) is 9.50. The van der Waals surface area contributed by atoms with Crippen molar-refractivity contribution in [3.63, 3.8) is 0 Å². The van der Waals surface area contributed by atoms with Crippen LogP contribution in [0.25, 0.3) is 0 Å². The van der Waals surface area contributed by atoms with E-state index in [2.05, 4.69) is 18.6 Å². The first-order valence-electron chi connectivity index (χ1n) is 4.34. The maximum absolute atomic E-state index is 10.8. The third kappa shape index (κ3) is 8.70. The van der Waals surface area contributed by atoms with Gasteiger partial charge in [0.2, 0.25) is 0 Å². The number of nitrogens with two attached hydrogens (primary N) is 1. The summed E-state index contributed by atoms with van der Waals surface area (Å²) in [4.78, 5) is 10.8. The lowest BCUT2D eigenvalue weighted by Crippen LogP contribution is -2.29. The molecule has 0 saturated carbocycles. The number of hydrazine groups is 1. The van der Waals surface area contributed by atoms with E-state index in [4.69, 9.17) is 10.6 Å². The van der Waals surface area contributed by atoms with Crippen LogP contribution in [0.3, 0.4) is 0 Å². The average molecular weight is 198 g/mol. The van der Waals surface area contributed by atoms with Crippen LogP contribution in [0.5, 0.6) is 0 Å². The third-order valence-electron chi connectivity index (χ3n) is 0.961. The van der Waals surface area contributed by atoms with E-state index in [1.54, 1.807) is 0 Å². The van der Waals surface area contributed by atoms with Crippen molar-refractivity contribution in [1.29, 1.82) is 0 Å². The van der Waals surface area contributed by atoms with Crippen molar-refractivity contribution in [1.82, 2.24) is 5.43 Å². The maximum atomic E-state index is 10.8. The fourth-order valence-electron chi connectivity index (χ4n) is 0.511. The Morgan fingerprint density at radius 1 is 1.50 bits per heavy atom. The Labute approximate surface area is 85.1 Å². The molecule has 0 spiro atoms. The number of rotatable bonds is 5. The van der Waals surface area contributed by atoms with Crippen LogP contribution in [0.1, 0.15) is 13.8 Å². The van der Waals surface area contributed by atoms with Gasteiger partial charge in [0.25, 0.3) is 0 Å². The largest absolute Gasteiger partial charge is 0.426 e. The first kappa shape index (κ1) is 15.1. The molecular weight excluding hydrogens is 180 g/mol. The van der Waals surface area contributed by atoms with Gasteiger partial charge in [-0.2, -0.15) is 0 Å². The highest BCUT2D eigenvalue weighted by Crippen LogP contribution is 1.98. The third-order valence-corrected chi connectivity index (χ3v) is 0.961. The molecule has 0 saturated heterocycles. The molecule has 0 heterocycles. The van der Waals surface area contributed by atoms with Crippen molar-refractivity contribution in [2.24, 2.45) is 5.84 Å². The minimum atomic E-state index is -0.467. The smallest absolute Gasteiger partial charge is 0.326 e. The van der Waals surface area contributed by atoms with Crippen molar-refractivity contribution in [3.8, 4) is 0 Å². The van der Waals surface area contributed by atoms with E-state index < -0.39 is 5.97 Å². The number of ether oxygens (including phenoxy) is 1. The van der Waals surface area contributed by atoms with Crippen molar-refractivity contribution >= 4 is 5.97 Å². The molecular formula is C10H18N2O2. The monoisotopic (exact) mass is 198 g/mol. The summed E-state index contributed by atoms with van der Waals surface area (Å²) in [6.07, 6.45) is 4.44. The van der Waals surface area contributed by atoms with E-state index in [-0.39, 0.29) is 6.54 Å². The zero-order chi connectivity index (χ0) is 11.4. The zero-order valence-electron chi connectivity index (χ0n) is 8.75. The SMILES string of the molecule is C=C/C=C(\C=C)OC(=O)CNN.CC. The number of carbonyl (C=O) groups is 1. The van der Waals surface area contributed by atoms with E-state index in [1.165, 1.54) is 18.2 Å². The minimum Gasteiger partial charge on any atom is -0.426 e. The van der Waals surface area contributed by atoms with Crippen molar-refractivity contribution in [2.45, 2.75) is 13.8 Å². The van der Waals surface area contributed by atoms with Crippen LogP contribution in [0.4, 0.5) is 0 Å². The highest BCUT2D eigenvalue weighted by atomic mass is 16.5. The number of hydrogen-bond acceptors (Lipinski definition) is 4. The van der Waals surface area contributed by atoms with Gasteiger partial charge >= 0.3 is 5.97 Å². The molecule has 80 valence electrons. The summed E-state index contributed by atoms with van der Waals surface area (Å²) >= 11 is 0. The van der Waals surface area contributed by atoms with Gasteiger partial charge in [-0.05, 0) is 12.2 Å². The van der Waals surface area contributed by atoms with Gasteiger partial charge in [-0.3, -0.25) is 10.6 Å². The highest BCUT2D eigenvalue weighted by Gasteiger charge is 2.01. The molecule has 14 heavy (non-hydrogen) atoms. The molecule has 0 aromatic carbocycles. The Morgan fingerprint density at radius 2 is 2.07 bits per heavy atom. The first-order chi connectivity index (χ1) is 6.74. The first-order valence-corrected chi connectivity index (χ1v) is 4.34. The topological polar surface area (TPSA) is 64.3 Å². The van der Waals surface area contributed by atoms with Crippen molar-refractivity contribution in [2.75, 3.05) is 6.54 Å². The van der Waals surface area contributed by atoms with Crippen LogP contribution >= 0.6 is 0 Å². The molecule has 3 N–H and O–H groups in total. The summed E-state index contributed by atoms with van der Waals surface area (Å²) in [7, 11) is 0. The Bertz CT molecular complexity index is 210. The van der Waals surface area contributed by atoms with Gasteiger partial charge < -0.3 is 4.74 Å². The van der Waals surface area contributed by atoms with E-state index in [1.807, 2.05) is 13.8 Å². The molecule has 0 aliphatic carbocycles. The van der Waals surface area contributed by atoms with Gasteiger partial charge in [-0.25, -0.2) is 5.43 Å². The lowest BCUT2D eigenvalue weighted by atomic mass is 10.4. The molecule has 4 heteroatoms. The molecule has 0 aromatic heterocycles. The van der Waals surface area contributed by atoms with Crippen LogP contribution in [0.15, 0.2) is 37.1 Å². The van der Waals surface area contributed by atoms with Crippen LogP contribution in [-0.2, 0) is 9.53 Å². The second-order valence-electron chi connectivity index (χ2n) is 1.86. The lowest BCUT2D eigenvalue weighted by molar-refractivity contribution is -0.137. The van der Waals surface area contributed by atoms with Gasteiger partial charge in [0.05, 0.1) is 0 Å². The molecule has 0 atom stereocenters. The Hall–Kier alpha value is -1.39. The van der Waals surface area contributed by atoms with Gasteiger partial charge in [0.1, 0.15) is 12.3 Å². The van der Waals surface area contributed by atoms with E-state index in [0.717, 1.165) is 0 Å². The molecule has 4 nitrogen and oxygen atoms in total. The van der Waals surface area contributed by atoms with Gasteiger partial charge in [-0.15, -0.1) is 0 Å². The molecule has 0 fully saturated rings. The number of allylic oxidation sites excluding steroid dienone is 3. The fraction of sp³-hybridized carbons (Fsp3) is 0.300. The van der Waals surface area contributed by atoms with E-state index >= 15 is 0 Å². The zero-order valence-corrected chi connectivity index (χ0v) is 8.75. The summed E-state index contributed by atoms with van der Waals surface area (Å²) in [5.41, 5.74) is 2.18. The number of hydrogen-bond donors (Lipinski definition) is 2. The lowest BCUT2D eigenvalue weighted by Gasteiger charge is -2.02. The second kappa shape index (κ2) is 11.6. The quantitative estimate of drug-likeness (QED) is 0.229. The average Bonchev–Trinajstić information content (AvgIpc) is 2.20. The summed E-state index contributed by atoms with van der Waals surface area (Å²) < 4.78 is 4.77. The Balaban J connectivity index is 0. The number of carbonyl (C=O) groups excluding carboxylic acids is 1. The van der Waals surface area contributed by atoms with Crippen LogP contribution < -0.4 is 11.3 Å². The summed E-state index contributed by atoms with van der Waals surface area (Å²) in [6, 6.07) is 0. The van der Waals surface area contributed by atoms with Crippen molar-refractivity contribution < 1.29 is 9.53 Å². The molecule has 0 unspecified atom stereocenters. The number of esters is 1. The molecule has 0 aliphatic rings. The Kier molecular flexibility index (Phi) is 12.5. The van der Waals surface area contributed by atoms with E-state index in [9.17, 15) is 4.79 Å². The van der Waals surface area contributed by atoms with Crippen LogP contribution in [0, 0.1) is 0 Å². The maximum Gasteiger partial charge on any atom is 0.326 e. The summed E-state index contributed by atoms with van der Waals surface area (Å²) in [5, 5.41) is 0. The summed E-state index contributed by atoms with van der Waals surface area (Å²) in [5.74, 6) is 4.79. The molecule has 0 bridgehead atoms. The van der Waals surface area contributed by atoms with E-state index in [0.29, 0.717) is 5.76 Å². The van der Waals surface area contributed by atoms with Gasteiger partial charge in [0.15, 0.2) is 0 Å². The second-order valence-corrected chi connectivity index (χ2v) is 1.86. The Morgan fingerprint density at radius 3 is 2.43 bits per heavy atom. The highest BCUT2D eigenvalue weighted by molar-refractivity contribution is 5.73. The van der Waals surface area contributed by atoms with Gasteiger partial charge in [0, 0.05) is 0 Å². The predicted molar refractivity (Wildman–Crippen MR) is 58.1 cm³/mol. The molecule has 0 radical (unpaired) electrons. The molecule has 0 aliphatic heterocycles. The predicted octanol–water partition coefficient (Wildman–Crippen LogP) is 1.27. The molecule has 0 amide bonds. The van der Waals surface area contributed by atoms with Crippen LogP contribution in [-0.4, -0.2) is 12.5 Å².